The average molecular weight is 353 g/mol. The molecule has 128 valence electrons. The molecule has 0 saturated carbocycles. The highest BCUT2D eigenvalue weighted by Crippen LogP contribution is 2.36. The first-order valence-electron chi connectivity index (χ1n) is 8.20. The molecule has 7 heteroatoms. The zero-order valence-corrected chi connectivity index (χ0v) is 14.8. The molecule has 6 nitrogen and oxygen atoms in total. The second-order valence-corrected chi connectivity index (χ2v) is 6.88. The predicted molar refractivity (Wildman–Crippen MR) is 101 cm³/mol. The van der Waals surface area contributed by atoms with Crippen molar-refractivity contribution in [3.63, 3.8) is 0 Å². The smallest absolute Gasteiger partial charge is 0.144 e. The number of rotatable bonds is 3. The first kappa shape index (κ1) is 16.0. The first-order valence-corrected chi connectivity index (χ1v) is 9.01. The third-order valence-electron chi connectivity index (χ3n) is 4.18. The third kappa shape index (κ3) is 3.20. The number of nitrogen functional groups attached to an aromatic ring is 1. The Hall–Kier alpha value is -2.51. The molecule has 0 spiro atoms. The van der Waals surface area contributed by atoms with Crippen molar-refractivity contribution in [1.82, 2.24) is 15.0 Å². The maximum absolute atomic E-state index is 6.05. The van der Waals surface area contributed by atoms with Crippen LogP contribution in [-0.2, 0) is 4.74 Å². The van der Waals surface area contributed by atoms with E-state index in [-0.39, 0.29) is 0 Å². The minimum absolute atomic E-state index is 0.645. The van der Waals surface area contributed by atoms with E-state index >= 15 is 0 Å². The van der Waals surface area contributed by atoms with Crippen LogP contribution in [0.5, 0.6) is 0 Å². The Bertz CT molecular complexity index is 889. The van der Waals surface area contributed by atoms with Crippen molar-refractivity contribution in [2.75, 3.05) is 36.9 Å². The van der Waals surface area contributed by atoms with Crippen molar-refractivity contribution in [3.05, 3.63) is 42.4 Å². The summed E-state index contributed by atoms with van der Waals surface area (Å²) in [5.41, 5.74) is 9.53. The van der Waals surface area contributed by atoms with Crippen molar-refractivity contribution in [2.45, 2.75) is 6.92 Å². The van der Waals surface area contributed by atoms with Crippen LogP contribution in [0.4, 0.5) is 11.5 Å². The lowest BCUT2D eigenvalue weighted by atomic mass is 10.2. The van der Waals surface area contributed by atoms with E-state index < -0.39 is 0 Å². The van der Waals surface area contributed by atoms with Crippen LogP contribution >= 0.6 is 11.3 Å². The van der Waals surface area contributed by atoms with Gasteiger partial charge in [-0.05, 0) is 36.8 Å². The summed E-state index contributed by atoms with van der Waals surface area (Å²) in [7, 11) is 0. The molecule has 1 aliphatic rings. The van der Waals surface area contributed by atoms with Gasteiger partial charge >= 0.3 is 0 Å². The predicted octanol–water partition coefficient (Wildman–Crippen LogP) is 2.99. The van der Waals surface area contributed by atoms with E-state index in [0.717, 1.165) is 59.0 Å². The third-order valence-corrected chi connectivity index (χ3v) is 5.39. The molecule has 2 N–H and O–H groups in total. The Kier molecular flexibility index (Phi) is 4.33. The fourth-order valence-corrected chi connectivity index (χ4v) is 3.97. The van der Waals surface area contributed by atoms with Crippen LogP contribution < -0.4 is 10.6 Å². The van der Waals surface area contributed by atoms with Crippen molar-refractivity contribution in [2.24, 2.45) is 0 Å². The number of hydrogen-bond donors (Lipinski definition) is 1. The van der Waals surface area contributed by atoms with Gasteiger partial charge in [-0.3, -0.25) is 4.98 Å². The minimum atomic E-state index is 0.645. The second kappa shape index (κ2) is 6.78. The summed E-state index contributed by atoms with van der Waals surface area (Å²) in [6.07, 6.45) is 3.60. The van der Waals surface area contributed by atoms with Crippen molar-refractivity contribution in [1.29, 1.82) is 0 Å². The van der Waals surface area contributed by atoms with Gasteiger partial charge in [-0.15, -0.1) is 11.3 Å². The summed E-state index contributed by atoms with van der Waals surface area (Å²) < 4.78 is 5.42. The summed E-state index contributed by atoms with van der Waals surface area (Å²) >= 11 is 1.61. The van der Waals surface area contributed by atoms with Gasteiger partial charge in [0.05, 0.1) is 29.5 Å². The number of aryl methyl sites for hydroxylation is 1. The molecule has 0 radical (unpaired) electrons. The first-order chi connectivity index (χ1) is 12.2. The van der Waals surface area contributed by atoms with Gasteiger partial charge in [-0.1, -0.05) is 0 Å². The van der Waals surface area contributed by atoms with E-state index in [1.165, 1.54) is 0 Å². The van der Waals surface area contributed by atoms with Crippen molar-refractivity contribution >= 4 is 22.8 Å². The van der Waals surface area contributed by atoms with E-state index in [1.807, 2.05) is 31.3 Å². The molecular weight excluding hydrogens is 334 g/mol. The molecule has 0 atom stereocenters. The van der Waals surface area contributed by atoms with Gasteiger partial charge in [0.25, 0.3) is 0 Å². The Labute approximate surface area is 150 Å². The summed E-state index contributed by atoms with van der Waals surface area (Å²) in [6.45, 7) is 5.24. The number of aromatic nitrogens is 3. The highest BCUT2D eigenvalue weighted by molar-refractivity contribution is 7.18. The minimum Gasteiger partial charge on any atom is -0.397 e. The second-order valence-electron chi connectivity index (χ2n) is 5.88. The largest absolute Gasteiger partial charge is 0.397 e. The number of ether oxygens (including phenoxy) is 1. The van der Waals surface area contributed by atoms with Crippen LogP contribution in [0.15, 0.2) is 36.7 Å². The molecule has 4 heterocycles. The van der Waals surface area contributed by atoms with Gasteiger partial charge in [0.15, 0.2) is 0 Å². The molecular formula is C18H19N5OS. The van der Waals surface area contributed by atoms with Gasteiger partial charge < -0.3 is 15.4 Å². The lowest BCUT2D eigenvalue weighted by molar-refractivity contribution is 0.122. The Morgan fingerprint density at radius 1 is 1.16 bits per heavy atom. The average Bonchev–Trinajstić information content (AvgIpc) is 3.04. The Morgan fingerprint density at radius 3 is 2.80 bits per heavy atom. The van der Waals surface area contributed by atoms with Crippen molar-refractivity contribution < 1.29 is 4.74 Å². The number of anilines is 2. The number of hydrogen-bond acceptors (Lipinski definition) is 7. The zero-order chi connectivity index (χ0) is 17.2. The summed E-state index contributed by atoms with van der Waals surface area (Å²) in [4.78, 5) is 17.0. The molecule has 0 unspecified atom stereocenters. The Balaban J connectivity index is 1.69. The molecule has 0 aliphatic carbocycles. The number of thiazole rings is 1. The molecule has 0 aromatic carbocycles. The van der Waals surface area contributed by atoms with Crippen LogP contribution in [0.3, 0.4) is 0 Å². The highest BCUT2D eigenvalue weighted by Gasteiger charge is 2.17. The fraction of sp³-hybridized carbons (Fsp3) is 0.278. The number of morpholine rings is 1. The maximum Gasteiger partial charge on any atom is 0.144 e. The standard InChI is InChI=1S/C18H19N5OS/c1-12-17(25-18(22-12)16-14(19)3-2-5-21-16)13-4-6-20-15(11-13)23-7-9-24-10-8-23/h2-6,11H,7-10,19H2,1H3. The number of nitrogens with zero attached hydrogens (tertiary/aromatic N) is 4. The molecule has 1 aliphatic heterocycles. The fourth-order valence-electron chi connectivity index (χ4n) is 2.89. The van der Waals surface area contributed by atoms with E-state index in [9.17, 15) is 0 Å². The zero-order valence-electron chi connectivity index (χ0n) is 14.0. The Morgan fingerprint density at radius 2 is 2.00 bits per heavy atom. The normalized spacial score (nSPS) is 14.7. The van der Waals surface area contributed by atoms with Gasteiger partial charge in [0.1, 0.15) is 16.5 Å². The summed E-state index contributed by atoms with van der Waals surface area (Å²) in [5.74, 6) is 0.979. The molecule has 25 heavy (non-hydrogen) atoms. The number of nitrogens with two attached hydrogens (primary N) is 1. The topological polar surface area (TPSA) is 77.2 Å². The lowest BCUT2D eigenvalue weighted by Crippen LogP contribution is -2.36. The quantitative estimate of drug-likeness (QED) is 0.780. The van der Waals surface area contributed by atoms with Crippen LogP contribution in [0, 0.1) is 6.92 Å². The van der Waals surface area contributed by atoms with Gasteiger partial charge in [-0.2, -0.15) is 0 Å². The summed E-state index contributed by atoms with van der Waals surface area (Å²) in [5, 5.41) is 0.843. The van der Waals surface area contributed by atoms with E-state index in [4.69, 9.17) is 10.5 Å². The van der Waals surface area contributed by atoms with Gasteiger partial charge in [-0.25, -0.2) is 9.97 Å². The molecule has 0 bridgehead atoms. The molecule has 0 amide bonds. The van der Waals surface area contributed by atoms with E-state index in [0.29, 0.717) is 5.69 Å². The molecule has 4 rings (SSSR count). The highest BCUT2D eigenvalue weighted by atomic mass is 32.1. The molecule has 1 saturated heterocycles. The maximum atomic E-state index is 6.05. The number of pyridine rings is 2. The van der Waals surface area contributed by atoms with Gasteiger partial charge in [0.2, 0.25) is 0 Å². The van der Waals surface area contributed by atoms with Crippen LogP contribution in [-0.4, -0.2) is 41.3 Å². The lowest BCUT2D eigenvalue weighted by Gasteiger charge is -2.27. The monoisotopic (exact) mass is 353 g/mol. The van der Waals surface area contributed by atoms with Crippen molar-refractivity contribution in [3.8, 4) is 21.1 Å². The van der Waals surface area contributed by atoms with Crippen LogP contribution in [0.2, 0.25) is 0 Å². The molecule has 3 aromatic heterocycles. The SMILES string of the molecule is Cc1nc(-c2ncccc2N)sc1-c1ccnc(N2CCOCC2)c1. The van der Waals surface area contributed by atoms with Crippen LogP contribution in [0.25, 0.3) is 21.1 Å². The van der Waals surface area contributed by atoms with E-state index in [2.05, 4.69) is 25.9 Å². The molecule has 1 fully saturated rings. The van der Waals surface area contributed by atoms with E-state index in [1.54, 1.807) is 17.5 Å². The van der Waals surface area contributed by atoms with Gasteiger partial charge in [0, 0.05) is 25.5 Å². The summed E-state index contributed by atoms with van der Waals surface area (Å²) in [6, 6.07) is 7.83. The van der Waals surface area contributed by atoms with Crippen LogP contribution in [0.1, 0.15) is 5.69 Å². The molecule has 3 aromatic rings.